The summed E-state index contributed by atoms with van der Waals surface area (Å²) in [5.74, 6) is 1.50. The quantitative estimate of drug-likeness (QED) is 0.650. The van der Waals surface area contributed by atoms with Crippen LogP contribution in [0.15, 0.2) is 60.9 Å². The molecule has 0 saturated carbocycles. The van der Waals surface area contributed by atoms with Crippen molar-refractivity contribution >= 4 is 23.0 Å². The molecule has 2 aliphatic heterocycles. The van der Waals surface area contributed by atoms with Gasteiger partial charge < -0.3 is 24.3 Å². The summed E-state index contributed by atoms with van der Waals surface area (Å²) in [6.07, 6.45) is 3.94. The number of benzene rings is 1. The van der Waals surface area contributed by atoms with Crippen molar-refractivity contribution in [3.8, 4) is 11.5 Å². The molecule has 0 radical (unpaired) electrons. The molecule has 0 unspecified atom stereocenters. The van der Waals surface area contributed by atoms with Gasteiger partial charge >= 0.3 is 0 Å². The van der Waals surface area contributed by atoms with E-state index in [1.54, 1.807) is 0 Å². The highest BCUT2D eigenvalue weighted by molar-refractivity contribution is 7.80. The highest BCUT2D eigenvalue weighted by Gasteiger charge is 2.42. The van der Waals surface area contributed by atoms with E-state index < -0.39 is 0 Å². The Morgan fingerprint density at radius 2 is 1.97 bits per heavy atom. The van der Waals surface area contributed by atoms with Crippen molar-refractivity contribution in [3.05, 3.63) is 72.3 Å². The summed E-state index contributed by atoms with van der Waals surface area (Å²) in [7, 11) is 0. The lowest BCUT2D eigenvalue weighted by Gasteiger charge is -2.30. The Morgan fingerprint density at radius 1 is 1.10 bits per heavy atom. The number of fused-ring (bicyclic) bond motifs is 1. The average molecular weight is 407 g/mol. The van der Waals surface area contributed by atoms with Crippen LogP contribution < -0.4 is 19.7 Å². The summed E-state index contributed by atoms with van der Waals surface area (Å²) >= 11 is 5.79. The SMILES string of the molecule is CC(C)n1cccc1[C@H]1[C@H](c2ccccn2)NC(=S)N1c1ccc2c(c1)OCO2. The van der Waals surface area contributed by atoms with Gasteiger partial charge in [0.1, 0.15) is 6.04 Å². The average Bonchev–Trinajstić information content (AvgIpc) is 3.45. The van der Waals surface area contributed by atoms with Gasteiger partial charge in [0.15, 0.2) is 16.6 Å². The third-order valence-electron chi connectivity index (χ3n) is 5.40. The van der Waals surface area contributed by atoms with Crippen LogP contribution in [0.3, 0.4) is 0 Å². The van der Waals surface area contributed by atoms with Crippen LogP contribution in [0.4, 0.5) is 5.69 Å². The molecule has 0 bridgehead atoms. The molecule has 2 aromatic heterocycles. The van der Waals surface area contributed by atoms with Crippen LogP contribution >= 0.6 is 12.2 Å². The van der Waals surface area contributed by atoms with Crippen molar-refractivity contribution in [1.29, 1.82) is 0 Å². The number of ether oxygens (including phenoxy) is 2. The van der Waals surface area contributed by atoms with Gasteiger partial charge in [0.25, 0.3) is 0 Å². The van der Waals surface area contributed by atoms with Crippen LogP contribution in [0.25, 0.3) is 0 Å². The molecule has 148 valence electrons. The van der Waals surface area contributed by atoms with E-state index >= 15 is 0 Å². The first kappa shape index (κ1) is 18.0. The third-order valence-corrected chi connectivity index (χ3v) is 5.72. The van der Waals surface area contributed by atoms with Gasteiger partial charge in [-0.2, -0.15) is 0 Å². The van der Waals surface area contributed by atoms with Crippen LogP contribution in [-0.4, -0.2) is 21.5 Å². The first-order valence-electron chi connectivity index (χ1n) is 9.70. The number of aromatic nitrogens is 2. The maximum absolute atomic E-state index is 5.79. The maximum atomic E-state index is 5.79. The van der Waals surface area contributed by atoms with Gasteiger partial charge in [0.2, 0.25) is 6.79 Å². The normalized spacial score (nSPS) is 20.4. The molecule has 2 aliphatic rings. The molecule has 5 rings (SSSR count). The predicted molar refractivity (Wildman–Crippen MR) is 115 cm³/mol. The zero-order valence-corrected chi connectivity index (χ0v) is 17.1. The standard InChI is InChI=1S/C22H22N4O2S/c1-14(2)25-11-5-7-17(25)21-20(16-6-3-4-10-23-16)24-22(29)26(21)15-8-9-18-19(12-15)28-13-27-18/h3-12,14,20-21H,13H2,1-2H3,(H,24,29)/t20-,21-/m0/s1. The molecule has 2 atom stereocenters. The fourth-order valence-electron chi connectivity index (χ4n) is 4.10. The molecule has 0 spiro atoms. The Balaban J connectivity index is 1.64. The molecular formula is C22H22N4O2S. The van der Waals surface area contributed by atoms with E-state index in [1.165, 1.54) is 5.69 Å². The Kier molecular flexibility index (Phi) is 4.39. The molecule has 3 aromatic rings. The van der Waals surface area contributed by atoms with Crippen molar-refractivity contribution in [2.75, 3.05) is 11.7 Å². The number of nitrogens with one attached hydrogen (secondary N) is 1. The van der Waals surface area contributed by atoms with Gasteiger partial charge in [0.05, 0.1) is 11.7 Å². The van der Waals surface area contributed by atoms with Gasteiger partial charge in [-0.25, -0.2) is 0 Å². The Hall–Kier alpha value is -3.06. The van der Waals surface area contributed by atoms with Crippen molar-refractivity contribution in [2.24, 2.45) is 0 Å². The van der Waals surface area contributed by atoms with Crippen LogP contribution in [0.1, 0.15) is 43.4 Å². The molecule has 0 aliphatic carbocycles. The van der Waals surface area contributed by atoms with Crippen molar-refractivity contribution in [1.82, 2.24) is 14.9 Å². The number of thiocarbonyl (C=S) groups is 1. The summed E-state index contributed by atoms with van der Waals surface area (Å²) < 4.78 is 13.4. The summed E-state index contributed by atoms with van der Waals surface area (Å²) in [4.78, 5) is 6.77. The first-order valence-corrected chi connectivity index (χ1v) is 10.1. The van der Waals surface area contributed by atoms with E-state index in [1.807, 2.05) is 42.6 Å². The Bertz CT molecular complexity index is 1050. The highest BCUT2D eigenvalue weighted by Crippen LogP contribution is 2.44. The van der Waals surface area contributed by atoms with Crippen molar-refractivity contribution in [2.45, 2.75) is 32.0 Å². The number of anilines is 1. The second kappa shape index (κ2) is 7.08. The highest BCUT2D eigenvalue weighted by atomic mass is 32.1. The van der Waals surface area contributed by atoms with Gasteiger partial charge in [-0.1, -0.05) is 6.07 Å². The lowest BCUT2D eigenvalue weighted by atomic mass is 10.0. The minimum Gasteiger partial charge on any atom is -0.454 e. The minimum absolute atomic E-state index is 0.0461. The monoisotopic (exact) mass is 406 g/mol. The van der Waals surface area contributed by atoms with Gasteiger partial charge in [-0.3, -0.25) is 4.98 Å². The molecule has 4 heterocycles. The summed E-state index contributed by atoms with van der Waals surface area (Å²) in [5.41, 5.74) is 3.10. The number of nitrogens with zero attached hydrogens (tertiary/aromatic N) is 3. The molecule has 0 amide bonds. The Morgan fingerprint density at radius 3 is 2.76 bits per heavy atom. The first-order chi connectivity index (χ1) is 14.1. The molecule has 1 N–H and O–H groups in total. The zero-order valence-electron chi connectivity index (χ0n) is 16.3. The number of rotatable bonds is 4. The number of hydrogen-bond acceptors (Lipinski definition) is 4. The smallest absolute Gasteiger partial charge is 0.231 e. The van der Waals surface area contributed by atoms with E-state index in [-0.39, 0.29) is 18.9 Å². The molecule has 1 aromatic carbocycles. The second-order valence-corrected chi connectivity index (χ2v) is 7.85. The zero-order chi connectivity index (χ0) is 20.0. The van der Waals surface area contributed by atoms with E-state index in [0.717, 1.165) is 22.9 Å². The van der Waals surface area contributed by atoms with Crippen molar-refractivity contribution < 1.29 is 9.47 Å². The molecule has 1 saturated heterocycles. The summed E-state index contributed by atoms with van der Waals surface area (Å²) in [6.45, 7) is 4.62. The van der Waals surface area contributed by atoms with Crippen LogP contribution in [-0.2, 0) is 0 Å². The number of pyridine rings is 1. The molecule has 29 heavy (non-hydrogen) atoms. The third kappa shape index (κ3) is 3.02. The van der Waals surface area contributed by atoms with Crippen LogP contribution in [0.2, 0.25) is 0 Å². The molecule has 7 heteroatoms. The summed E-state index contributed by atoms with van der Waals surface area (Å²) in [6, 6.07) is 16.4. The van der Waals surface area contributed by atoms with Crippen LogP contribution in [0, 0.1) is 0 Å². The van der Waals surface area contributed by atoms with Crippen LogP contribution in [0.5, 0.6) is 11.5 Å². The van der Waals surface area contributed by atoms with Gasteiger partial charge in [-0.05, 0) is 62.5 Å². The lowest BCUT2D eigenvalue weighted by Crippen LogP contribution is -2.30. The molecular weight excluding hydrogens is 384 g/mol. The maximum Gasteiger partial charge on any atom is 0.231 e. The summed E-state index contributed by atoms with van der Waals surface area (Å²) in [5, 5.41) is 4.17. The number of hydrogen-bond donors (Lipinski definition) is 1. The Labute approximate surface area is 175 Å². The fraction of sp³-hybridized carbons (Fsp3) is 0.273. The minimum atomic E-state index is -0.0680. The topological polar surface area (TPSA) is 51.6 Å². The van der Waals surface area contributed by atoms with E-state index in [4.69, 9.17) is 21.7 Å². The van der Waals surface area contributed by atoms with E-state index in [9.17, 15) is 0 Å². The molecule has 1 fully saturated rings. The van der Waals surface area contributed by atoms with Crippen molar-refractivity contribution in [3.63, 3.8) is 0 Å². The van der Waals surface area contributed by atoms with Gasteiger partial charge in [0, 0.05) is 35.9 Å². The van der Waals surface area contributed by atoms with E-state index in [0.29, 0.717) is 11.2 Å². The fourth-order valence-corrected chi connectivity index (χ4v) is 4.44. The van der Waals surface area contributed by atoms with Gasteiger partial charge in [-0.15, -0.1) is 0 Å². The molecule has 6 nitrogen and oxygen atoms in total. The largest absolute Gasteiger partial charge is 0.454 e. The lowest BCUT2D eigenvalue weighted by molar-refractivity contribution is 0.174. The second-order valence-electron chi connectivity index (χ2n) is 7.47. The van der Waals surface area contributed by atoms with E-state index in [2.05, 4.69) is 51.9 Å². The predicted octanol–water partition coefficient (Wildman–Crippen LogP) is 4.37.